The minimum Gasteiger partial charge on any atom is -0.0833 e. The molecular weight excluding hydrogens is 192 g/mol. The molecule has 1 aromatic carbocycles. The SMILES string of the molecule is CCc1ccc(C2(CC)C=CC=CC2)cc1. The molecular formula is C16H20. The fraction of sp³-hybridized carbons (Fsp3) is 0.375. The van der Waals surface area contributed by atoms with Gasteiger partial charge in [-0.25, -0.2) is 0 Å². The first-order valence-electron chi connectivity index (χ1n) is 6.24. The molecule has 0 saturated heterocycles. The van der Waals surface area contributed by atoms with Gasteiger partial charge in [-0.3, -0.25) is 0 Å². The van der Waals surface area contributed by atoms with Gasteiger partial charge >= 0.3 is 0 Å². The number of hydrogen-bond donors (Lipinski definition) is 0. The second-order valence-corrected chi connectivity index (χ2v) is 4.55. The van der Waals surface area contributed by atoms with Crippen molar-refractivity contribution in [3.63, 3.8) is 0 Å². The third kappa shape index (κ3) is 1.97. The lowest BCUT2D eigenvalue weighted by atomic mass is 9.73. The first-order valence-corrected chi connectivity index (χ1v) is 6.24. The topological polar surface area (TPSA) is 0 Å². The van der Waals surface area contributed by atoms with Crippen LogP contribution >= 0.6 is 0 Å². The van der Waals surface area contributed by atoms with Crippen molar-refractivity contribution >= 4 is 0 Å². The molecule has 1 aliphatic rings. The Labute approximate surface area is 98.7 Å². The highest BCUT2D eigenvalue weighted by Crippen LogP contribution is 2.35. The van der Waals surface area contributed by atoms with Crippen LogP contribution in [0.3, 0.4) is 0 Å². The predicted molar refractivity (Wildman–Crippen MR) is 70.7 cm³/mol. The molecule has 0 amide bonds. The standard InChI is InChI=1S/C16H20/c1-3-14-8-10-15(11-9-14)16(4-2)12-6-5-7-13-16/h5-12H,3-4,13H2,1-2H3. The van der Waals surface area contributed by atoms with Crippen LogP contribution in [-0.2, 0) is 11.8 Å². The summed E-state index contributed by atoms with van der Waals surface area (Å²) in [4.78, 5) is 0. The van der Waals surface area contributed by atoms with Crippen LogP contribution in [0.25, 0.3) is 0 Å². The maximum Gasteiger partial charge on any atom is 0.0167 e. The summed E-state index contributed by atoms with van der Waals surface area (Å²) in [7, 11) is 0. The summed E-state index contributed by atoms with van der Waals surface area (Å²) in [5.74, 6) is 0. The minimum absolute atomic E-state index is 0.237. The Morgan fingerprint density at radius 2 is 1.81 bits per heavy atom. The van der Waals surface area contributed by atoms with Crippen molar-refractivity contribution in [1.82, 2.24) is 0 Å². The van der Waals surface area contributed by atoms with Gasteiger partial charge in [-0.05, 0) is 30.4 Å². The summed E-state index contributed by atoms with van der Waals surface area (Å²) >= 11 is 0. The number of allylic oxidation sites excluding steroid dienone is 4. The highest BCUT2D eigenvalue weighted by molar-refractivity contribution is 5.37. The van der Waals surface area contributed by atoms with Crippen LogP contribution in [-0.4, -0.2) is 0 Å². The fourth-order valence-electron chi connectivity index (χ4n) is 2.42. The molecule has 0 heteroatoms. The molecule has 0 spiro atoms. The second-order valence-electron chi connectivity index (χ2n) is 4.55. The van der Waals surface area contributed by atoms with Gasteiger partial charge in [-0.15, -0.1) is 0 Å². The van der Waals surface area contributed by atoms with E-state index in [1.165, 1.54) is 17.5 Å². The van der Waals surface area contributed by atoms with Crippen LogP contribution in [0.2, 0.25) is 0 Å². The molecule has 0 aromatic heterocycles. The molecule has 0 bridgehead atoms. The Bertz CT molecular complexity index is 395. The van der Waals surface area contributed by atoms with E-state index >= 15 is 0 Å². The van der Waals surface area contributed by atoms with E-state index in [4.69, 9.17) is 0 Å². The highest BCUT2D eigenvalue weighted by Gasteiger charge is 2.26. The van der Waals surface area contributed by atoms with Crippen molar-refractivity contribution in [2.75, 3.05) is 0 Å². The number of hydrogen-bond acceptors (Lipinski definition) is 0. The molecule has 0 heterocycles. The average Bonchev–Trinajstić information content (AvgIpc) is 2.39. The van der Waals surface area contributed by atoms with E-state index < -0.39 is 0 Å². The van der Waals surface area contributed by atoms with Crippen molar-refractivity contribution in [2.45, 2.75) is 38.5 Å². The molecule has 0 aliphatic heterocycles. The molecule has 1 aromatic rings. The zero-order valence-electron chi connectivity index (χ0n) is 10.2. The van der Waals surface area contributed by atoms with Gasteiger partial charge in [-0.1, -0.05) is 62.4 Å². The summed E-state index contributed by atoms with van der Waals surface area (Å²) in [6.45, 7) is 4.48. The summed E-state index contributed by atoms with van der Waals surface area (Å²) < 4.78 is 0. The monoisotopic (exact) mass is 212 g/mol. The van der Waals surface area contributed by atoms with Crippen LogP contribution in [0.1, 0.15) is 37.8 Å². The molecule has 0 nitrogen and oxygen atoms in total. The average molecular weight is 212 g/mol. The Morgan fingerprint density at radius 3 is 2.31 bits per heavy atom. The molecule has 0 fully saturated rings. The van der Waals surface area contributed by atoms with Crippen molar-refractivity contribution in [2.24, 2.45) is 0 Å². The van der Waals surface area contributed by atoms with E-state index in [1.54, 1.807) is 0 Å². The third-order valence-electron chi connectivity index (χ3n) is 3.71. The van der Waals surface area contributed by atoms with Crippen molar-refractivity contribution in [3.8, 4) is 0 Å². The molecule has 1 unspecified atom stereocenters. The summed E-state index contributed by atoms with van der Waals surface area (Å²) in [6.07, 6.45) is 12.4. The quantitative estimate of drug-likeness (QED) is 0.696. The van der Waals surface area contributed by atoms with Gasteiger partial charge < -0.3 is 0 Å². The van der Waals surface area contributed by atoms with Crippen molar-refractivity contribution < 1.29 is 0 Å². The third-order valence-corrected chi connectivity index (χ3v) is 3.71. The van der Waals surface area contributed by atoms with Gasteiger partial charge in [0.05, 0.1) is 0 Å². The van der Waals surface area contributed by atoms with Gasteiger partial charge in [0.15, 0.2) is 0 Å². The van der Waals surface area contributed by atoms with Gasteiger partial charge in [0.1, 0.15) is 0 Å². The van der Waals surface area contributed by atoms with Crippen LogP contribution in [0.4, 0.5) is 0 Å². The molecule has 0 radical (unpaired) electrons. The second kappa shape index (κ2) is 4.69. The molecule has 0 saturated carbocycles. The fourth-order valence-corrected chi connectivity index (χ4v) is 2.42. The Hall–Kier alpha value is -1.30. The van der Waals surface area contributed by atoms with E-state index in [-0.39, 0.29) is 5.41 Å². The minimum atomic E-state index is 0.237. The van der Waals surface area contributed by atoms with Crippen molar-refractivity contribution in [3.05, 3.63) is 59.7 Å². The first kappa shape index (κ1) is 11.2. The zero-order valence-corrected chi connectivity index (χ0v) is 10.2. The summed E-state index contributed by atoms with van der Waals surface area (Å²) in [6, 6.07) is 9.12. The Balaban J connectivity index is 2.33. The van der Waals surface area contributed by atoms with E-state index in [1.807, 2.05) is 0 Å². The number of benzene rings is 1. The summed E-state index contributed by atoms with van der Waals surface area (Å²) in [5, 5.41) is 0. The lowest BCUT2D eigenvalue weighted by molar-refractivity contribution is 0.518. The van der Waals surface area contributed by atoms with Gasteiger partial charge in [-0.2, -0.15) is 0 Å². The maximum atomic E-state index is 2.36. The van der Waals surface area contributed by atoms with Crippen LogP contribution in [0.5, 0.6) is 0 Å². The molecule has 1 aliphatic carbocycles. The first-order chi connectivity index (χ1) is 7.80. The number of rotatable bonds is 3. The van der Waals surface area contributed by atoms with E-state index in [0.29, 0.717) is 0 Å². The van der Waals surface area contributed by atoms with Gasteiger partial charge in [0.25, 0.3) is 0 Å². The molecule has 1 atom stereocenters. The van der Waals surface area contributed by atoms with E-state index in [0.717, 1.165) is 12.8 Å². The lowest BCUT2D eigenvalue weighted by Crippen LogP contribution is -2.22. The van der Waals surface area contributed by atoms with Gasteiger partial charge in [0.2, 0.25) is 0 Å². The zero-order chi connectivity index (χ0) is 11.4. The van der Waals surface area contributed by atoms with Crippen LogP contribution < -0.4 is 0 Å². The highest BCUT2D eigenvalue weighted by atomic mass is 14.3. The molecule has 0 N–H and O–H groups in total. The molecule has 84 valence electrons. The van der Waals surface area contributed by atoms with E-state index in [2.05, 4.69) is 62.4 Å². The summed E-state index contributed by atoms with van der Waals surface area (Å²) in [5.41, 5.74) is 3.11. The van der Waals surface area contributed by atoms with Gasteiger partial charge in [0, 0.05) is 5.41 Å². The predicted octanol–water partition coefficient (Wildman–Crippen LogP) is 4.41. The van der Waals surface area contributed by atoms with Crippen molar-refractivity contribution in [1.29, 1.82) is 0 Å². The van der Waals surface area contributed by atoms with Crippen LogP contribution in [0, 0.1) is 0 Å². The molecule has 2 rings (SSSR count). The Morgan fingerprint density at radius 1 is 1.06 bits per heavy atom. The van der Waals surface area contributed by atoms with E-state index in [9.17, 15) is 0 Å². The normalized spacial score (nSPS) is 23.6. The Kier molecular flexibility index (Phi) is 3.28. The smallest absolute Gasteiger partial charge is 0.0167 e. The number of aryl methyl sites for hydroxylation is 1. The largest absolute Gasteiger partial charge is 0.0833 e. The molecule has 16 heavy (non-hydrogen) atoms. The van der Waals surface area contributed by atoms with Crippen LogP contribution in [0.15, 0.2) is 48.6 Å². The lowest BCUT2D eigenvalue weighted by Gasteiger charge is -2.30. The maximum absolute atomic E-state index is 2.36.